The summed E-state index contributed by atoms with van der Waals surface area (Å²) < 4.78 is 5.46. The largest absolute Gasteiger partial charge is 0.359 e. The lowest BCUT2D eigenvalue weighted by Crippen LogP contribution is -2.37. The van der Waals surface area contributed by atoms with Gasteiger partial charge in [-0.15, -0.1) is 11.3 Å². The number of aromatic nitrogens is 2. The van der Waals surface area contributed by atoms with E-state index in [9.17, 15) is 0 Å². The zero-order valence-corrected chi connectivity index (χ0v) is 18.0. The summed E-state index contributed by atoms with van der Waals surface area (Å²) >= 11 is 1.75. The summed E-state index contributed by atoms with van der Waals surface area (Å²) in [4.78, 5) is 11.4. The molecule has 2 aromatic heterocycles. The summed E-state index contributed by atoms with van der Waals surface area (Å²) in [7, 11) is 1.78. The molecule has 0 aliphatic carbocycles. The highest BCUT2D eigenvalue weighted by molar-refractivity contribution is 7.13. The van der Waals surface area contributed by atoms with Crippen molar-refractivity contribution in [3.63, 3.8) is 0 Å². The fraction of sp³-hybridized carbons (Fsp3) is 0.650. The van der Waals surface area contributed by atoms with Gasteiger partial charge in [-0.2, -0.15) is 0 Å². The SMILES string of the molecule is CCC(CC)c1cc(CNC(=NC)NCCc2csc(N3CCCC3)n2)on1. The fourth-order valence-corrected chi connectivity index (χ4v) is 4.39. The number of nitrogens with one attached hydrogen (secondary N) is 2. The highest BCUT2D eigenvalue weighted by Gasteiger charge is 2.16. The first-order valence-electron chi connectivity index (χ1n) is 10.3. The van der Waals surface area contributed by atoms with Crippen LogP contribution in [0.25, 0.3) is 0 Å². The minimum atomic E-state index is 0.471. The molecule has 2 N–H and O–H groups in total. The molecule has 1 aliphatic heterocycles. The predicted molar refractivity (Wildman–Crippen MR) is 115 cm³/mol. The van der Waals surface area contributed by atoms with Crippen molar-refractivity contribution >= 4 is 22.4 Å². The molecule has 1 saturated heterocycles. The second kappa shape index (κ2) is 10.5. The molecule has 0 atom stereocenters. The quantitative estimate of drug-likeness (QED) is 0.492. The Kier molecular flexibility index (Phi) is 7.71. The standard InChI is InChI=1S/C20H32N6OS/c1-4-15(5-2)18-12-17(27-25-18)13-23-19(21-3)22-9-8-16-14-28-20(24-16)26-10-6-7-11-26/h12,14-15H,4-11,13H2,1-3H3,(H2,21,22,23). The Hall–Kier alpha value is -2.09. The van der Waals surface area contributed by atoms with Gasteiger partial charge in [-0.25, -0.2) is 4.98 Å². The zero-order chi connectivity index (χ0) is 19.8. The van der Waals surface area contributed by atoms with Crippen LogP contribution in [0.15, 0.2) is 21.0 Å². The van der Waals surface area contributed by atoms with Crippen LogP contribution in [0.4, 0.5) is 5.13 Å². The molecule has 8 heteroatoms. The van der Waals surface area contributed by atoms with Crippen molar-refractivity contribution in [3.05, 3.63) is 28.6 Å². The van der Waals surface area contributed by atoms with Gasteiger partial charge in [-0.3, -0.25) is 4.99 Å². The minimum absolute atomic E-state index is 0.471. The summed E-state index contributed by atoms with van der Waals surface area (Å²) in [6, 6.07) is 2.05. The van der Waals surface area contributed by atoms with Crippen LogP contribution >= 0.6 is 11.3 Å². The van der Waals surface area contributed by atoms with E-state index in [1.807, 2.05) is 6.07 Å². The van der Waals surface area contributed by atoms with E-state index in [0.29, 0.717) is 12.5 Å². The first-order valence-corrected chi connectivity index (χ1v) is 11.2. The minimum Gasteiger partial charge on any atom is -0.359 e. The maximum absolute atomic E-state index is 5.46. The lowest BCUT2D eigenvalue weighted by Gasteiger charge is -2.12. The summed E-state index contributed by atoms with van der Waals surface area (Å²) in [5.74, 6) is 2.06. The summed E-state index contributed by atoms with van der Waals surface area (Å²) in [5.41, 5.74) is 2.18. The van der Waals surface area contributed by atoms with E-state index in [1.54, 1.807) is 18.4 Å². The molecule has 0 unspecified atom stereocenters. The van der Waals surface area contributed by atoms with E-state index in [-0.39, 0.29) is 0 Å². The van der Waals surface area contributed by atoms with Gasteiger partial charge in [0.05, 0.1) is 17.9 Å². The second-order valence-electron chi connectivity index (χ2n) is 7.15. The molecular weight excluding hydrogens is 372 g/mol. The van der Waals surface area contributed by atoms with Crippen LogP contribution in [0, 0.1) is 0 Å². The molecule has 0 spiro atoms. The van der Waals surface area contributed by atoms with Crippen molar-refractivity contribution in [2.24, 2.45) is 4.99 Å². The molecule has 0 bridgehead atoms. The van der Waals surface area contributed by atoms with E-state index < -0.39 is 0 Å². The molecule has 1 aliphatic rings. The lowest BCUT2D eigenvalue weighted by atomic mass is 9.99. The Morgan fingerprint density at radius 3 is 2.79 bits per heavy atom. The smallest absolute Gasteiger partial charge is 0.191 e. The Morgan fingerprint density at radius 2 is 2.07 bits per heavy atom. The van der Waals surface area contributed by atoms with Crippen LogP contribution in [0.5, 0.6) is 0 Å². The lowest BCUT2D eigenvalue weighted by molar-refractivity contribution is 0.368. The molecule has 28 heavy (non-hydrogen) atoms. The van der Waals surface area contributed by atoms with E-state index in [0.717, 1.165) is 67.1 Å². The van der Waals surface area contributed by atoms with Crippen molar-refractivity contribution in [3.8, 4) is 0 Å². The van der Waals surface area contributed by atoms with Crippen LogP contribution < -0.4 is 15.5 Å². The average Bonchev–Trinajstić information content (AvgIpc) is 3.47. The Labute approximate surface area is 171 Å². The number of nitrogens with zero attached hydrogens (tertiary/aromatic N) is 4. The van der Waals surface area contributed by atoms with Gasteiger partial charge in [0.25, 0.3) is 0 Å². The molecule has 2 aromatic rings. The molecule has 0 amide bonds. The van der Waals surface area contributed by atoms with Crippen LogP contribution in [-0.4, -0.2) is 42.8 Å². The third kappa shape index (κ3) is 5.47. The predicted octanol–water partition coefficient (Wildman–Crippen LogP) is 3.54. The van der Waals surface area contributed by atoms with Gasteiger partial charge in [0.15, 0.2) is 16.9 Å². The van der Waals surface area contributed by atoms with Gasteiger partial charge in [0, 0.05) is 50.5 Å². The van der Waals surface area contributed by atoms with Gasteiger partial charge in [-0.05, 0) is 25.7 Å². The van der Waals surface area contributed by atoms with E-state index in [4.69, 9.17) is 9.51 Å². The van der Waals surface area contributed by atoms with Crippen molar-refractivity contribution in [1.29, 1.82) is 0 Å². The maximum atomic E-state index is 5.46. The number of aliphatic imine (C=N–C) groups is 1. The van der Waals surface area contributed by atoms with Gasteiger partial charge in [0.1, 0.15) is 0 Å². The summed E-state index contributed by atoms with van der Waals surface area (Å²) in [6.07, 6.45) is 5.60. The van der Waals surface area contributed by atoms with E-state index >= 15 is 0 Å². The Morgan fingerprint density at radius 1 is 1.29 bits per heavy atom. The highest BCUT2D eigenvalue weighted by atomic mass is 32.1. The molecule has 154 valence electrons. The average molecular weight is 405 g/mol. The Bertz CT molecular complexity index is 745. The first-order chi connectivity index (χ1) is 13.7. The van der Waals surface area contributed by atoms with Crippen molar-refractivity contribution in [1.82, 2.24) is 20.8 Å². The number of anilines is 1. The van der Waals surface area contributed by atoms with Gasteiger partial charge < -0.3 is 20.1 Å². The molecule has 0 aromatic carbocycles. The normalized spacial score (nSPS) is 14.9. The second-order valence-corrected chi connectivity index (χ2v) is 7.99. The van der Waals surface area contributed by atoms with Crippen LogP contribution in [-0.2, 0) is 13.0 Å². The number of rotatable bonds is 9. The molecule has 3 rings (SSSR count). The number of thiazole rings is 1. The number of hydrogen-bond acceptors (Lipinski definition) is 6. The summed E-state index contributed by atoms with van der Waals surface area (Å²) in [5, 5.41) is 14.2. The topological polar surface area (TPSA) is 78.6 Å². The van der Waals surface area contributed by atoms with Crippen molar-refractivity contribution in [2.45, 2.75) is 58.4 Å². The molecule has 3 heterocycles. The third-order valence-electron chi connectivity index (χ3n) is 5.22. The Balaban J connectivity index is 1.41. The van der Waals surface area contributed by atoms with E-state index in [1.165, 1.54) is 12.8 Å². The third-order valence-corrected chi connectivity index (χ3v) is 6.17. The monoisotopic (exact) mass is 404 g/mol. The molecule has 0 radical (unpaired) electrons. The van der Waals surface area contributed by atoms with Gasteiger partial charge in [-0.1, -0.05) is 19.0 Å². The molecular formula is C20H32N6OS. The van der Waals surface area contributed by atoms with Crippen molar-refractivity contribution < 1.29 is 4.52 Å². The van der Waals surface area contributed by atoms with Gasteiger partial charge in [0.2, 0.25) is 0 Å². The van der Waals surface area contributed by atoms with Crippen LogP contribution in [0.2, 0.25) is 0 Å². The first kappa shape index (κ1) is 20.6. The van der Waals surface area contributed by atoms with Crippen LogP contribution in [0.1, 0.15) is 62.6 Å². The number of hydrogen-bond donors (Lipinski definition) is 2. The zero-order valence-electron chi connectivity index (χ0n) is 17.2. The van der Waals surface area contributed by atoms with Gasteiger partial charge >= 0.3 is 0 Å². The molecule has 7 nitrogen and oxygen atoms in total. The maximum Gasteiger partial charge on any atom is 0.191 e. The fourth-order valence-electron chi connectivity index (χ4n) is 3.48. The molecule has 0 saturated carbocycles. The highest BCUT2D eigenvalue weighted by Crippen LogP contribution is 2.24. The van der Waals surface area contributed by atoms with E-state index in [2.05, 4.69) is 44.9 Å². The summed E-state index contributed by atoms with van der Waals surface area (Å²) in [6.45, 7) is 8.01. The number of guanidine groups is 1. The van der Waals surface area contributed by atoms with Crippen molar-refractivity contribution in [2.75, 3.05) is 31.6 Å². The molecule has 1 fully saturated rings. The van der Waals surface area contributed by atoms with Crippen LogP contribution in [0.3, 0.4) is 0 Å².